The number of carboxylic acid groups (broad SMARTS) is 1. The number of carbonyl (C=O) groups excluding carboxylic acids is 2. The molecule has 0 aliphatic carbocycles. The number of rotatable bonds is 3. The van der Waals surface area contributed by atoms with E-state index < -0.39 is 41.7 Å². The Hall–Kier alpha value is -3.19. The lowest BCUT2D eigenvalue weighted by atomic mass is 9.86. The standard InChI is InChI=1S/C19H16N2O5/c22-12-9-5-4-8-11(12)15-13-14(16(20-15)19(25)26)18(24)21(17(13)23)10-6-2-1-3-7-10/h1-9,13-16,20,22H,(H,25,26)/t13-,14+,15-,16-/m1/s1. The van der Waals surface area contributed by atoms with Crippen LogP contribution >= 0.6 is 0 Å². The number of nitrogens with zero attached hydrogens (tertiary/aromatic N) is 1. The van der Waals surface area contributed by atoms with Crippen LogP contribution in [0.2, 0.25) is 0 Å². The average Bonchev–Trinajstić information content (AvgIpc) is 3.14. The van der Waals surface area contributed by atoms with Crippen molar-refractivity contribution in [1.82, 2.24) is 5.32 Å². The molecule has 2 amide bonds. The molecule has 3 N–H and O–H groups in total. The van der Waals surface area contributed by atoms with Crippen LogP contribution in [0.5, 0.6) is 5.75 Å². The summed E-state index contributed by atoms with van der Waals surface area (Å²) in [7, 11) is 0. The lowest BCUT2D eigenvalue weighted by molar-refractivity contribution is -0.142. The quantitative estimate of drug-likeness (QED) is 0.719. The Kier molecular flexibility index (Phi) is 3.73. The van der Waals surface area contributed by atoms with Crippen molar-refractivity contribution in [3.63, 3.8) is 0 Å². The van der Waals surface area contributed by atoms with Crippen LogP contribution in [0.15, 0.2) is 54.6 Å². The zero-order chi connectivity index (χ0) is 18.4. The first-order valence-corrected chi connectivity index (χ1v) is 8.20. The van der Waals surface area contributed by atoms with E-state index in [1.165, 1.54) is 6.07 Å². The first-order valence-electron chi connectivity index (χ1n) is 8.20. The normalized spacial score (nSPS) is 27.6. The minimum Gasteiger partial charge on any atom is -0.508 e. The lowest BCUT2D eigenvalue weighted by Crippen LogP contribution is -2.43. The predicted molar refractivity (Wildman–Crippen MR) is 91.3 cm³/mol. The number of carbonyl (C=O) groups is 3. The average molecular weight is 352 g/mol. The third kappa shape index (κ3) is 2.28. The largest absolute Gasteiger partial charge is 0.508 e. The number of imide groups is 1. The summed E-state index contributed by atoms with van der Waals surface area (Å²) in [6, 6.07) is 12.9. The summed E-state index contributed by atoms with van der Waals surface area (Å²) in [4.78, 5) is 38.7. The molecule has 0 bridgehead atoms. The molecular formula is C19H16N2O5. The minimum atomic E-state index is -1.20. The predicted octanol–water partition coefficient (Wildman–Crippen LogP) is 1.30. The van der Waals surface area contributed by atoms with Crippen LogP contribution in [0.3, 0.4) is 0 Å². The van der Waals surface area contributed by atoms with Crippen LogP contribution in [0.25, 0.3) is 0 Å². The van der Waals surface area contributed by atoms with Crippen molar-refractivity contribution in [1.29, 1.82) is 0 Å². The number of carboxylic acids is 1. The van der Waals surface area contributed by atoms with Crippen LogP contribution in [-0.2, 0) is 14.4 Å². The second kappa shape index (κ2) is 5.96. The van der Waals surface area contributed by atoms with Gasteiger partial charge in [-0.05, 0) is 18.2 Å². The molecule has 0 unspecified atom stereocenters. The van der Waals surface area contributed by atoms with Crippen molar-refractivity contribution in [2.24, 2.45) is 11.8 Å². The van der Waals surface area contributed by atoms with E-state index in [-0.39, 0.29) is 5.75 Å². The summed E-state index contributed by atoms with van der Waals surface area (Å²) >= 11 is 0. The van der Waals surface area contributed by atoms with Crippen molar-refractivity contribution in [3.05, 3.63) is 60.2 Å². The molecule has 2 heterocycles. The molecule has 2 aromatic carbocycles. The van der Waals surface area contributed by atoms with Gasteiger partial charge in [-0.25, -0.2) is 4.90 Å². The van der Waals surface area contributed by atoms with Crippen molar-refractivity contribution < 1.29 is 24.6 Å². The molecule has 4 rings (SSSR count). The molecule has 2 aromatic rings. The number of para-hydroxylation sites is 2. The number of aliphatic carboxylic acids is 1. The maximum atomic E-state index is 13.1. The highest BCUT2D eigenvalue weighted by molar-refractivity contribution is 6.23. The number of anilines is 1. The number of amides is 2. The number of benzene rings is 2. The monoisotopic (exact) mass is 352 g/mol. The molecule has 2 fully saturated rings. The summed E-state index contributed by atoms with van der Waals surface area (Å²) in [6.45, 7) is 0. The Bertz CT molecular complexity index is 898. The summed E-state index contributed by atoms with van der Waals surface area (Å²) < 4.78 is 0. The first kappa shape index (κ1) is 16.3. The van der Waals surface area contributed by atoms with Gasteiger partial charge in [0, 0.05) is 11.6 Å². The molecule has 2 aliphatic rings. The number of hydrogen-bond donors (Lipinski definition) is 3. The molecule has 0 radical (unpaired) electrons. The van der Waals surface area contributed by atoms with E-state index in [1.54, 1.807) is 48.5 Å². The molecule has 26 heavy (non-hydrogen) atoms. The van der Waals surface area contributed by atoms with Crippen LogP contribution in [0, 0.1) is 11.8 Å². The fourth-order valence-electron chi connectivity index (χ4n) is 3.90. The molecule has 7 nitrogen and oxygen atoms in total. The lowest BCUT2D eigenvalue weighted by Gasteiger charge is -2.21. The highest BCUT2D eigenvalue weighted by Crippen LogP contribution is 2.46. The molecule has 132 valence electrons. The fourth-order valence-corrected chi connectivity index (χ4v) is 3.90. The number of nitrogens with one attached hydrogen (secondary N) is 1. The summed E-state index contributed by atoms with van der Waals surface area (Å²) in [5.41, 5.74) is 0.819. The molecule has 2 aliphatic heterocycles. The summed E-state index contributed by atoms with van der Waals surface area (Å²) in [5, 5.41) is 22.6. The van der Waals surface area contributed by atoms with Gasteiger partial charge in [-0.3, -0.25) is 19.7 Å². The Labute approximate surface area is 148 Å². The van der Waals surface area contributed by atoms with E-state index in [4.69, 9.17) is 0 Å². The molecule has 0 saturated carbocycles. The van der Waals surface area contributed by atoms with Crippen LogP contribution in [0.4, 0.5) is 5.69 Å². The van der Waals surface area contributed by atoms with Gasteiger partial charge in [0.05, 0.1) is 17.5 Å². The molecule has 2 saturated heterocycles. The Morgan fingerprint density at radius 3 is 2.19 bits per heavy atom. The summed E-state index contributed by atoms with van der Waals surface area (Å²) in [6.07, 6.45) is 0. The Morgan fingerprint density at radius 1 is 0.923 bits per heavy atom. The Balaban J connectivity index is 1.80. The third-order valence-corrected chi connectivity index (χ3v) is 5.03. The topological polar surface area (TPSA) is 107 Å². The second-order valence-corrected chi connectivity index (χ2v) is 6.42. The maximum Gasteiger partial charge on any atom is 0.321 e. The van der Waals surface area contributed by atoms with Crippen molar-refractivity contribution in [2.75, 3.05) is 4.90 Å². The van der Waals surface area contributed by atoms with E-state index >= 15 is 0 Å². The number of phenolic OH excluding ortho intramolecular Hbond substituents is 1. The van der Waals surface area contributed by atoms with E-state index in [9.17, 15) is 24.6 Å². The molecule has 7 heteroatoms. The van der Waals surface area contributed by atoms with Gasteiger partial charge in [0.15, 0.2) is 0 Å². The van der Waals surface area contributed by atoms with Crippen LogP contribution in [0.1, 0.15) is 11.6 Å². The number of aromatic hydroxyl groups is 1. The SMILES string of the molecule is O=C(O)[C@@H]1N[C@H](c2ccccc2O)[C@@H]2C(=O)N(c3ccccc3)C(=O)[C@@H]21. The smallest absolute Gasteiger partial charge is 0.321 e. The minimum absolute atomic E-state index is 0.0480. The molecular weight excluding hydrogens is 336 g/mol. The van der Waals surface area contributed by atoms with Gasteiger partial charge in [-0.1, -0.05) is 36.4 Å². The first-order chi connectivity index (χ1) is 12.5. The fraction of sp³-hybridized carbons (Fsp3) is 0.211. The zero-order valence-electron chi connectivity index (χ0n) is 13.6. The number of hydrogen-bond acceptors (Lipinski definition) is 5. The van der Waals surface area contributed by atoms with Gasteiger partial charge in [-0.2, -0.15) is 0 Å². The number of fused-ring (bicyclic) bond motifs is 1. The van der Waals surface area contributed by atoms with Gasteiger partial charge >= 0.3 is 5.97 Å². The molecule has 0 spiro atoms. The van der Waals surface area contributed by atoms with Crippen molar-refractivity contribution in [2.45, 2.75) is 12.1 Å². The summed E-state index contributed by atoms with van der Waals surface area (Å²) in [5.74, 6) is -4.16. The van der Waals surface area contributed by atoms with Crippen molar-refractivity contribution >= 4 is 23.5 Å². The van der Waals surface area contributed by atoms with Gasteiger partial charge in [0.25, 0.3) is 0 Å². The Morgan fingerprint density at radius 2 is 1.54 bits per heavy atom. The number of phenols is 1. The van der Waals surface area contributed by atoms with E-state index in [0.29, 0.717) is 11.3 Å². The van der Waals surface area contributed by atoms with Crippen LogP contribution in [-0.4, -0.2) is 34.0 Å². The van der Waals surface area contributed by atoms with E-state index in [0.717, 1.165) is 4.90 Å². The van der Waals surface area contributed by atoms with Crippen LogP contribution < -0.4 is 10.2 Å². The molecule has 0 aromatic heterocycles. The van der Waals surface area contributed by atoms with Crippen molar-refractivity contribution in [3.8, 4) is 5.75 Å². The van der Waals surface area contributed by atoms with Gasteiger partial charge in [0.1, 0.15) is 11.8 Å². The maximum absolute atomic E-state index is 13.1. The molecule has 4 atom stereocenters. The van der Waals surface area contributed by atoms with E-state index in [1.807, 2.05) is 0 Å². The highest BCUT2D eigenvalue weighted by Gasteiger charge is 2.61. The third-order valence-electron chi connectivity index (χ3n) is 5.03. The zero-order valence-corrected chi connectivity index (χ0v) is 13.6. The second-order valence-electron chi connectivity index (χ2n) is 6.42. The highest BCUT2D eigenvalue weighted by atomic mass is 16.4. The van der Waals surface area contributed by atoms with E-state index in [2.05, 4.69) is 5.32 Å². The van der Waals surface area contributed by atoms with Gasteiger partial charge in [-0.15, -0.1) is 0 Å². The van der Waals surface area contributed by atoms with Gasteiger partial charge < -0.3 is 10.2 Å². The van der Waals surface area contributed by atoms with Gasteiger partial charge in [0.2, 0.25) is 11.8 Å².